The van der Waals surface area contributed by atoms with Crippen LogP contribution in [-0.2, 0) is 11.3 Å². The third-order valence-electron chi connectivity index (χ3n) is 2.75. The van der Waals surface area contributed by atoms with Crippen molar-refractivity contribution < 1.29 is 19.1 Å². The molecule has 1 heterocycles. The van der Waals surface area contributed by atoms with Crippen LogP contribution in [0.5, 0.6) is 0 Å². The van der Waals surface area contributed by atoms with Crippen molar-refractivity contribution in [1.82, 2.24) is 4.90 Å². The molecule has 5 nitrogen and oxygen atoms in total. The van der Waals surface area contributed by atoms with Gasteiger partial charge in [-0.1, -0.05) is 0 Å². The molecule has 0 aliphatic heterocycles. The van der Waals surface area contributed by atoms with E-state index in [1.165, 1.54) is 0 Å². The molecule has 0 saturated heterocycles. The van der Waals surface area contributed by atoms with Crippen LogP contribution in [0.3, 0.4) is 0 Å². The summed E-state index contributed by atoms with van der Waals surface area (Å²) in [5.41, 5.74) is 0. The van der Waals surface area contributed by atoms with Crippen molar-refractivity contribution >= 4 is 5.91 Å². The van der Waals surface area contributed by atoms with Gasteiger partial charge >= 0.3 is 0 Å². The Hall–Kier alpha value is -1.33. The minimum Gasteiger partial charge on any atom is -0.453 e. The number of amides is 1. The summed E-state index contributed by atoms with van der Waals surface area (Å²) < 4.78 is 10.3. The molecular weight excluding hydrogens is 222 g/mol. The standard InChI is InChI=1S/C12H17NO4/c1-16-8-10-4-5-11(17-10)12(15)13(6-7-14)9-2-3-9/h4-5,9,14H,2-3,6-8H2,1H3. The monoisotopic (exact) mass is 239 g/mol. The number of methoxy groups -OCH3 is 1. The van der Waals surface area contributed by atoms with Crippen molar-refractivity contribution in [2.24, 2.45) is 0 Å². The Morgan fingerprint density at radius 1 is 1.59 bits per heavy atom. The largest absolute Gasteiger partial charge is 0.453 e. The van der Waals surface area contributed by atoms with E-state index in [0.717, 1.165) is 12.8 Å². The summed E-state index contributed by atoms with van der Waals surface area (Å²) in [7, 11) is 1.58. The number of carbonyl (C=O) groups is 1. The van der Waals surface area contributed by atoms with E-state index >= 15 is 0 Å². The lowest BCUT2D eigenvalue weighted by molar-refractivity contribution is 0.0668. The van der Waals surface area contributed by atoms with Crippen LogP contribution in [0.1, 0.15) is 29.2 Å². The number of furan rings is 1. The third-order valence-corrected chi connectivity index (χ3v) is 2.75. The van der Waals surface area contributed by atoms with Crippen molar-refractivity contribution in [3.63, 3.8) is 0 Å². The maximum atomic E-state index is 12.1. The number of ether oxygens (including phenoxy) is 1. The highest BCUT2D eigenvalue weighted by molar-refractivity contribution is 5.92. The van der Waals surface area contributed by atoms with Gasteiger partial charge in [0.1, 0.15) is 12.4 Å². The van der Waals surface area contributed by atoms with Crippen LogP contribution in [0.2, 0.25) is 0 Å². The SMILES string of the molecule is COCc1ccc(C(=O)N(CCO)C2CC2)o1. The molecule has 5 heteroatoms. The van der Waals surface area contributed by atoms with Gasteiger partial charge in [0.2, 0.25) is 0 Å². The lowest BCUT2D eigenvalue weighted by Gasteiger charge is -2.19. The van der Waals surface area contributed by atoms with Gasteiger partial charge in [-0.3, -0.25) is 4.79 Å². The van der Waals surface area contributed by atoms with Gasteiger partial charge in [-0.2, -0.15) is 0 Å². The van der Waals surface area contributed by atoms with E-state index in [4.69, 9.17) is 14.3 Å². The average Bonchev–Trinajstić information content (AvgIpc) is 3.06. The van der Waals surface area contributed by atoms with E-state index in [1.807, 2.05) is 0 Å². The summed E-state index contributed by atoms with van der Waals surface area (Å²) in [5.74, 6) is 0.803. The molecule has 1 fully saturated rings. The zero-order valence-corrected chi connectivity index (χ0v) is 9.89. The summed E-state index contributed by atoms with van der Waals surface area (Å²) in [4.78, 5) is 13.8. The summed E-state index contributed by atoms with van der Waals surface area (Å²) in [6.07, 6.45) is 2.02. The van der Waals surface area contributed by atoms with Gasteiger partial charge in [-0.05, 0) is 25.0 Å². The molecular formula is C12H17NO4. The lowest BCUT2D eigenvalue weighted by Crippen LogP contribution is -2.35. The van der Waals surface area contributed by atoms with Gasteiger partial charge < -0.3 is 19.2 Å². The topological polar surface area (TPSA) is 62.9 Å². The zero-order chi connectivity index (χ0) is 12.3. The van der Waals surface area contributed by atoms with Gasteiger partial charge in [-0.15, -0.1) is 0 Å². The Balaban J connectivity index is 2.05. The minimum absolute atomic E-state index is 0.0200. The lowest BCUT2D eigenvalue weighted by atomic mass is 10.3. The predicted molar refractivity (Wildman–Crippen MR) is 60.6 cm³/mol. The maximum Gasteiger partial charge on any atom is 0.289 e. The van der Waals surface area contributed by atoms with Crippen molar-refractivity contribution in [2.75, 3.05) is 20.3 Å². The molecule has 2 rings (SSSR count). The van der Waals surface area contributed by atoms with Crippen molar-refractivity contribution in [1.29, 1.82) is 0 Å². The van der Waals surface area contributed by atoms with E-state index in [-0.39, 0.29) is 18.6 Å². The number of nitrogens with zero attached hydrogens (tertiary/aromatic N) is 1. The molecule has 94 valence electrons. The summed E-state index contributed by atoms with van der Waals surface area (Å²) >= 11 is 0. The second-order valence-corrected chi connectivity index (χ2v) is 4.15. The number of rotatable bonds is 6. The van der Waals surface area contributed by atoms with Gasteiger partial charge in [0.25, 0.3) is 5.91 Å². The Morgan fingerprint density at radius 3 is 2.94 bits per heavy atom. The molecule has 0 spiro atoms. The van der Waals surface area contributed by atoms with E-state index in [0.29, 0.717) is 24.7 Å². The van der Waals surface area contributed by atoms with E-state index in [9.17, 15) is 4.79 Å². The molecule has 1 saturated carbocycles. The summed E-state index contributed by atoms with van der Waals surface area (Å²) in [6.45, 7) is 0.703. The van der Waals surface area contributed by atoms with E-state index in [1.54, 1.807) is 24.1 Å². The molecule has 0 atom stereocenters. The van der Waals surface area contributed by atoms with Gasteiger partial charge in [0.15, 0.2) is 5.76 Å². The smallest absolute Gasteiger partial charge is 0.289 e. The zero-order valence-electron chi connectivity index (χ0n) is 9.89. The molecule has 1 aromatic heterocycles. The quantitative estimate of drug-likeness (QED) is 0.805. The molecule has 0 radical (unpaired) electrons. The molecule has 17 heavy (non-hydrogen) atoms. The summed E-state index contributed by atoms with van der Waals surface area (Å²) in [6, 6.07) is 3.66. The highest BCUT2D eigenvalue weighted by atomic mass is 16.5. The fraction of sp³-hybridized carbons (Fsp3) is 0.583. The van der Waals surface area contributed by atoms with Crippen LogP contribution in [0.4, 0.5) is 0 Å². The molecule has 1 aromatic rings. The molecule has 0 unspecified atom stereocenters. The first-order chi connectivity index (χ1) is 8.26. The Kier molecular flexibility index (Phi) is 3.81. The predicted octanol–water partition coefficient (Wildman–Crippen LogP) is 1.02. The number of aliphatic hydroxyl groups excluding tert-OH is 1. The van der Waals surface area contributed by atoms with Crippen molar-refractivity contribution in [2.45, 2.75) is 25.5 Å². The maximum absolute atomic E-state index is 12.1. The van der Waals surface area contributed by atoms with Crippen LogP contribution in [0, 0.1) is 0 Å². The van der Waals surface area contributed by atoms with Gasteiger partial charge in [-0.25, -0.2) is 0 Å². The second kappa shape index (κ2) is 5.33. The normalized spacial score (nSPS) is 14.9. The Bertz CT molecular complexity index is 384. The fourth-order valence-electron chi connectivity index (χ4n) is 1.80. The van der Waals surface area contributed by atoms with Crippen LogP contribution >= 0.6 is 0 Å². The molecule has 1 aliphatic rings. The highest BCUT2D eigenvalue weighted by Crippen LogP contribution is 2.28. The van der Waals surface area contributed by atoms with Crippen molar-refractivity contribution in [3.8, 4) is 0 Å². The molecule has 1 aliphatic carbocycles. The second-order valence-electron chi connectivity index (χ2n) is 4.15. The molecule has 1 amide bonds. The van der Waals surface area contributed by atoms with Crippen LogP contribution in [-0.4, -0.2) is 42.2 Å². The van der Waals surface area contributed by atoms with Crippen LogP contribution in [0.25, 0.3) is 0 Å². The minimum atomic E-state index is -0.149. The first-order valence-corrected chi connectivity index (χ1v) is 5.75. The molecule has 1 N–H and O–H groups in total. The number of hydrogen-bond donors (Lipinski definition) is 1. The van der Waals surface area contributed by atoms with Crippen LogP contribution in [0.15, 0.2) is 16.5 Å². The Labute approximate surface area is 100.0 Å². The van der Waals surface area contributed by atoms with E-state index in [2.05, 4.69) is 0 Å². The van der Waals surface area contributed by atoms with E-state index < -0.39 is 0 Å². The number of aliphatic hydroxyl groups is 1. The number of hydrogen-bond acceptors (Lipinski definition) is 4. The average molecular weight is 239 g/mol. The van der Waals surface area contributed by atoms with Crippen LogP contribution < -0.4 is 0 Å². The summed E-state index contributed by atoms with van der Waals surface area (Å²) in [5, 5.41) is 8.95. The molecule has 0 aromatic carbocycles. The Morgan fingerprint density at radius 2 is 2.35 bits per heavy atom. The molecule has 0 bridgehead atoms. The van der Waals surface area contributed by atoms with Crippen molar-refractivity contribution in [3.05, 3.63) is 23.7 Å². The van der Waals surface area contributed by atoms with Gasteiger partial charge in [0.05, 0.1) is 6.61 Å². The van der Waals surface area contributed by atoms with Gasteiger partial charge in [0, 0.05) is 19.7 Å². The highest BCUT2D eigenvalue weighted by Gasteiger charge is 2.33. The third kappa shape index (κ3) is 2.87. The first-order valence-electron chi connectivity index (χ1n) is 5.75. The first kappa shape index (κ1) is 12.1. The fourth-order valence-corrected chi connectivity index (χ4v) is 1.80. The number of carbonyl (C=O) groups excluding carboxylic acids is 1.